The topological polar surface area (TPSA) is 23.6 Å². The molecule has 2 unspecified atom stereocenters. The summed E-state index contributed by atoms with van der Waals surface area (Å²) >= 11 is 3.49. The largest absolute Gasteiger partial charge is 0.332 e. The van der Waals surface area contributed by atoms with E-state index in [1.165, 1.54) is 5.56 Å². The minimum Gasteiger partial charge on any atom is -0.332 e. The van der Waals surface area contributed by atoms with Crippen molar-refractivity contribution in [3.05, 3.63) is 35.9 Å². The SMILES string of the molecule is CCC(Br)C(=O)N1CCN(C)CC1c1ccccc1. The molecule has 3 nitrogen and oxygen atoms in total. The fourth-order valence-electron chi connectivity index (χ4n) is 2.50. The van der Waals surface area contributed by atoms with E-state index in [0.29, 0.717) is 0 Å². The Morgan fingerprint density at radius 2 is 2.05 bits per heavy atom. The molecular weight excluding hydrogens is 304 g/mol. The summed E-state index contributed by atoms with van der Waals surface area (Å²) in [6.07, 6.45) is 0.826. The number of hydrogen-bond acceptors (Lipinski definition) is 2. The zero-order valence-corrected chi connectivity index (χ0v) is 13.1. The lowest BCUT2D eigenvalue weighted by molar-refractivity contribution is -0.135. The Balaban J connectivity index is 2.22. The van der Waals surface area contributed by atoms with Crippen LogP contribution in [0.3, 0.4) is 0 Å². The molecule has 1 heterocycles. The van der Waals surface area contributed by atoms with Gasteiger partial charge in [-0.3, -0.25) is 4.79 Å². The molecule has 1 fully saturated rings. The van der Waals surface area contributed by atoms with Gasteiger partial charge in [0.1, 0.15) is 0 Å². The van der Waals surface area contributed by atoms with Gasteiger partial charge in [0.25, 0.3) is 0 Å². The molecule has 2 rings (SSSR count). The third-order valence-corrected chi connectivity index (χ3v) is 4.72. The third kappa shape index (κ3) is 3.37. The number of piperazine rings is 1. The van der Waals surface area contributed by atoms with Gasteiger partial charge >= 0.3 is 0 Å². The van der Waals surface area contributed by atoms with Crippen LogP contribution in [0.4, 0.5) is 0 Å². The summed E-state index contributed by atoms with van der Waals surface area (Å²) in [7, 11) is 2.11. The number of alkyl halides is 1. The number of halogens is 1. The van der Waals surface area contributed by atoms with Crippen molar-refractivity contribution < 1.29 is 4.79 Å². The minimum atomic E-state index is -0.0675. The van der Waals surface area contributed by atoms with Gasteiger partial charge < -0.3 is 9.80 Å². The van der Waals surface area contributed by atoms with Gasteiger partial charge in [-0.05, 0) is 19.0 Å². The zero-order chi connectivity index (χ0) is 13.8. The fourth-order valence-corrected chi connectivity index (χ4v) is 2.76. The van der Waals surface area contributed by atoms with E-state index in [1.807, 2.05) is 30.0 Å². The molecule has 4 heteroatoms. The van der Waals surface area contributed by atoms with Gasteiger partial charge in [-0.1, -0.05) is 53.2 Å². The van der Waals surface area contributed by atoms with Crippen molar-refractivity contribution in [1.29, 1.82) is 0 Å². The van der Waals surface area contributed by atoms with Crippen molar-refractivity contribution in [1.82, 2.24) is 9.80 Å². The molecular formula is C15H21BrN2O. The Kier molecular flexibility index (Phi) is 4.99. The first-order valence-electron chi connectivity index (χ1n) is 6.81. The lowest BCUT2D eigenvalue weighted by Crippen LogP contribution is -2.51. The first-order chi connectivity index (χ1) is 9.13. The lowest BCUT2D eigenvalue weighted by Gasteiger charge is -2.41. The van der Waals surface area contributed by atoms with Gasteiger partial charge in [0.15, 0.2) is 0 Å². The van der Waals surface area contributed by atoms with Crippen LogP contribution in [0, 0.1) is 0 Å². The molecule has 0 spiro atoms. The van der Waals surface area contributed by atoms with Gasteiger partial charge in [-0.15, -0.1) is 0 Å². The van der Waals surface area contributed by atoms with Crippen molar-refractivity contribution in [2.24, 2.45) is 0 Å². The van der Waals surface area contributed by atoms with E-state index in [-0.39, 0.29) is 16.8 Å². The number of carbonyl (C=O) groups is 1. The van der Waals surface area contributed by atoms with E-state index in [2.05, 4.69) is 40.0 Å². The fraction of sp³-hybridized carbons (Fsp3) is 0.533. The number of carbonyl (C=O) groups excluding carboxylic acids is 1. The number of hydrogen-bond donors (Lipinski definition) is 0. The van der Waals surface area contributed by atoms with Crippen molar-refractivity contribution in [2.75, 3.05) is 26.7 Å². The van der Waals surface area contributed by atoms with E-state index < -0.39 is 0 Å². The van der Waals surface area contributed by atoms with E-state index in [1.54, 1.807) is 0 Å². The lowest BCUT2D eigenvalue weighted by atomic mass is 10.0. The molecule has 0 aromatic heterocycles. The first-order valence-corrected chi connectivity index (χ1v) is 7.73. The average Bonchev–Trinajstić information content (AvgIpc) is 2.46. The summed E-state index contributed by atoms with van der Waals surface area (Å²) in [5.41, 5.74) is 1.22. The Morgan fingerprint density at radius 3 is 2.68 bits per heavy atom. The summed E-state index contributed by atoms with van der Waals surface area (Å²) in [6.45, 7) is 4.68. The van der Waals surface area contributed by atoms with Crippen LogP contribution >= 0.6 is 15.9 Å². The van der Waals surface area contributed by atoms with Crippen molar-refractivity contribution in [3.63, 3.8) is 0 Å². The van der Waals surface area contributed by atoms with E-state index >= 15 is 0 Å². The summed E-state index contributed by atoms with van der Waals surface area (Å²) in [5.74, 6) is 0.212. The van der Waals surface area contributed by atoms with Gasteiger partial charge in [-0.2, -0.15) is 0 Å². The quantitative estimate of drug-likeness (QED) is 0.798. The van der Waals surface area contributed by atoms with Crippen LogP contribution in [0.1, 0.15) is 24.9 Å². The van der Waals surface area contributed by atoms with Gasteiger partial charge in [0.2, 0.25) is 5.91 Å². The van der Waals surface area contributed by atoms with Gasteiger partial charge in [0.05, 0.1) is 10.9 Å². The predicted octanol–water partition coefficient (Wildman–Crippen LogP) is 2.68. The molecule has 1 aromatic carbocycles. The normalized spacial score (nSPS) is 22.3. The van der Waals surface area contributed by atoms with Crippen LogP contribution in [0.15, 0.2) is 30.3 Å². The highest BCUT2D eigenvalue weighted by Crippen LogP contribution is 2.27. The molecule has 0 radical (unpaired) electrons. The maximum absolute atomic E-state index is 12.5. The molecule has 0 saturated carbocycles. The maximum atomic E-state index is 12.5. The molecule has 1 amide bonds. The van der Waals surface area contributed by atoms with Crippen LogP contribution in [0.2, 0.25) is 0 Å². The highest BCUT2D eigenvalue weighted by atomic mass is 79.9. The van der Waals surface area contributed by atoms with E-state index in [0.717, 1.165) is 26.1 Å². The Bertz CT molecular complexity index is 423. The minimum absolute atomic E-state index is 0.0675. The highest BCUT2D eigenvalue weighted by molar-refractivity contribution is 9.10. The van der Waals surface area contributed by atoms with Crippen LogP contribution in [-0.2, 0) is 4.79 Å². The highest BCUT2D eigenvalue weighted by Gasteiger charge is 2.32. The average molecular weight is 325 g/mol. The number of nitrogens with zero attached hydrogens (tertiary/aromatic N) is 2. The summed E-state index contributed by atoms with van der Waals surface area (Å²) in [5, 5.41) is 0. The molecule has 104 valence electrons. The van der Waals surface area contributed by atoms with Crippen LogP contribution in [0.25, 0.3) is 0 Å². The van der Waals surface area contributed by atoms with E-state index in [4.69, 9.17) is 0 Å². The van der Waals surface area contributed by atoms with Gasteiger partial charge in [-0.25, -0.2) is 0 Å². The molecule has 0 N–H and O–H groups in total. The second-order valence-corrected chi connectivity index (χ2v) is 6.20. The molecule has 0 aliphatic carbocycles. The summed E-state index contributed by atoms with van der Waals surface area (Å²) in [6, 6.07) is 10.5. The van der Waals surface area contributed by atoms with Crippen molar-refractivity contribution in [2.45, 2.75) is 24.2 Å². The molecule has 19 heavy (non-hydrogen) atoms. The number of likely N-dealkylation sites (N-methyl/N-ethyl adjacent to an activating group) is 1. The Morgan fingerprint density at radius 1 is 1.37 bits per heavy atom. The molecule has 1 aliphatic heterocycles. The number of amides is 1. The Labute approximate surface area is 123 Å². The van der Waals surface area contributed by atoms with Crippen molar-refractivity contribution >= 4 is 21.8 Å². The van der Waals surface area contributed by atoms with Crippen molar-refractivity contribution in [3.8, 4) is 0 Å². The molecule has 1 aromatic rings. The smallest absolute Gasteiger partial charge is 0.236 e. The molecule has 1 saturated heterocycles. The monoisotopic (exact) mass is 324 g/mol. The van der Waals surface area contributed by atoms with Crippen LogP contribution < -0.4 is 0 Å². The van der Waals surface area contributed by atoms with Crippen LogP contribution in [0.5, 0.6) is 0 Å². The second-order valence-electron chi connectivity index (χ2n) is 5.10. The second kappa shape index (κ2) is 6.53. The molecule has 1 aliphatic rings. The predicted molar refractivity (Wildman–Crippen MR) is 81.4 cm³/mol. The standard InChI is InChI=1S/C15H21BrN2O/c1-3-13(16)15(19)18-10-9-17(2)11-14(18)12-7-5-4-6-8-12/h4-8,13-14H,3,9-11H2,1-2H3. The maximum Gasteiger partial charge on any atom is 0.236 e. The molecule has 2 atom stereocenters. The zero-order valence-electron chi connectivity index (χ0n) is 11.6. The third-order valence-electron chi connectivity index (χ3n) is 3.68. The molecule has 0 bridgehead atoms. The first kappa shape index (κ1) is 14.5. The summed E-state index contributed by atoms with van der Waals surface area (Å²) < 4.78 is 0. The number of rotatable bonds is 3. The van der Waals surface area contributed by atoms with Gasteiger partial charge in [0, 0.05) is 19.6 Å². The number of benzene rings is 1. The van der Waals surface area contributed by atoms with Crippen LogP contribution in [-0.4, -0.2) is 47.2 Å². The van der Waals surface area contributed by atoms with E-state index in [9.17, 15) is 4.79 Å². The summed E-state index contributed by atoms with van der Waals surface area (Å²) in [4.78, 5) is 16.7. The Hall–Kier alpha value is -0.870.